The summed E-state index contributed by atoms with van der Waals surface area (Å²) < 4.78 is 30.4. The number of sulfonamides is 1. The topological polar surface area (TPSA) is 49.7 Å². The van der Waals surface area contributed by atoms with Crippen molar-refractivity contribution in [1.29, 1.82) is 0 Å². The lowest BCUT2D eigenvalue weighted by atomic mass is 9.95. The van der Waals surface area contributed by atoms with Crippen molar-refractivity contribution in [3.8, 4) is 0 Å². The highest BCUT2D eigenvalue weighted by atomic mass is 32.2. The molecule has 0 spiro atoms. The minimum absolute atomic E-state index is 0.296. The van der Waals surface area contributed by atoms with E-state index >= 15 is 0 Å². The highest BCUT2D eigenvalue weighted by Crippen LogP contribution is 2.32. The Morgan fingerprint density at radius 2 is 1.58 bits per heavy atom. The molecule has 5 heteroatoms. The lowest BCUT2D eigenvalue weighted by Crippen LogP contribution is -2.48. The molecule has 3 rings (SSSR count). The molecule has 1 aromatic rings. The monoisotopic (exact) mass is 376 g/mol. The third kappa shape index (κ3) is 4.48. The maximum atomic E-state index is 13.0. The van der Waals surface area contributed by atoms with Crippen molar-refractivity contribution in [3.63, 3.8) is 0 Å². The fourth-order valence-corrected chi connectivity index (χ4v) is 5.53. The summed E-state index contributed by atoms with van der Waals surface area (Å²) in [6, 6.07) is 7.73. The van der Waals surface area contributed by atoms with Crippen LogP contribution in [0.25, 0.3) is 0 Å². The van der Waals surface area contributed by atoms with Gasteiger partial charge in [-0.3, -0.25) is 0 Å². The summed E-state index contributed by atoms with van der Waals surface area (Å²) in [5.74, 6) is 1.36. The Bertz CT molecular complexity index is 724. The van der Waals surface area contributed by atoms with Crippen molar-refractivity contribution >= 4 is 15.9 Å². The van der Waals surface area contributed by atoms with E-state index in [1.807, 2.05) is 19.1 Å². The third-order valence-corrected chi connectivity index (χ3v) is 7.30. The van der Waals surface area contributed by atoms with Crippen LogP contribution < -0.4 is 0 Å². The van der Waals surface area contributed by atoms with E-state index in [2.05, 4.69) is 23.1 Å². The first-order valence-electron chi connectivity index (χ1n) is 10.1. The van der Waals surface area contributed by atoms with Gasteiger partial charge in [0.2, 0.25) is 0 Å². The molecule has 1 aromatic carbocycles. The second-order valence-corrected chi connectivity index (χ2v) is 9.79. The fraction of sp³-hybridized carbons (Fsp3) is 0.667. The van der Waals surface area contributed by atoms with E-state index in [1.54, 1.807) is 12.1 Å². The number of piperidine rings is 1. The number of likely N-dealkylation sites (tertiary alicyclic amines) is 1. The largest absolute Gasteiger partial charge is 0.354 e. The van der Waals surface area contributed by atoms with Gasteiger partial charge in [0.1, 0.15) is 5.84 Å². The van der Waals surface area contributed by atoms with Gasteiger partial charge in [-0.15, -0.1) is 4.40 Å². The Morgan fingerprint density at radius 3 is 2.15 bits per heavy atom. The van der Waals surface area contributed by atoms with Crippen LogP contribution in [0.5, 0.6) is 0 Å². The van der Waals surface area contributed by atoms with Crippen LogP contribution in [-0.4, -0.2) is 31.2 Å². The molecular formula is C21H32N2O2S. The van der Waals surface area contributed by atoms with Gasteiger partial charge in [-0.1, -0.05) is 43.4 Å². The molecule has 1 saturated heterocycles. The summed E-state index contributed by atoms with van der Waals surface area (Å²) in [5.41, 5.74) is 1.05. The zero-order chi connectivity index (χ0) is 18.7. The standard InChI is InChI=1S/C21H32N2O2S/c1-16-11-13-20(14-12-16)26(24,25)22-21(15-19-9-4-5-10-19)23-17(2)7-6-8-18(23)3/h11-14,17-19H,4-10,15H2,1-3H3/t17-,18+. The number of nitrogens with zero attached hydrogens (tertiary/aromatic N) is 2. The van der Waals surface area contributed by atoms with Crippen LogP contribution in [0.15, 0.2) is 33.6 Å². The van der Waals surface area contributed by atoms with Crippen LogP contribution in [0.4, 0.5) is 0 Å². The van der Waals surface area contributed by atoms with Gasteiger partial charge < -0.3 is 4.90 Å². The van der Waals surface area contributed by atoms with E-state index < -0.39 is 10.0 Å². The van der Waals surface area contributed by atoms with Crippen molar-refractivity contribution in [3.05, 3.63) is 29.8 Å². The molecule has 1 heterocycles. The lowest BCUT2D eigenvalue weighted by molar-refractivity contribution is 0.186. The first-order chi connectivity index (χ1) is 12.4. The Balaban J connectivity index is 1.95. The molecule has 1 aliphatic carbocycles. The summed E-state index contributed by atoms with van der Waals surface area (Å²) >= 11 is 0. The second kappa shape index (κ2) is 8.12. The SMILES string of the molecule is Cc1ccc(S(=O)(=O)N=C(CC2CCCC2)N2[C@H](C)CCC[C@@H]2C)cc1. The molecule has 26 heavy (non-hydrogen) atoms. The molecule has 0 radical (unpaired) electrons. The lowest BCUT2D eigenvalue weighted by Gasteiger charge is -2.41. The zero-order valence-electron chi connectivity index (χ0n) is 16.3. The molecule has 0 aromatic heterocycles. The molecule has 2 fully saturated rings. The summed E-state index contributed by atoms with van der Waals surface area (Å²) in [6.07, 6.45) is 9.12. The normalized spacial score (nSPS) is 25.7. The maximum absolute atomic E-state index is 13.0. The molecule has 2 atom stereocenters. The van der Waals surface area contributed by atoms with E-state index in [0.717, 1.165) is 30.7 Å². The van der Waals surface area contributed by atoms with Crippen LogP contribution in [0.3, 0.4) is 0 Å². The molecule has 0 N–H and O–H groups in total. The second-order valence-electron chi connectivity index (χ2n) is 8.19. The minimum Gasteiger partial charge on any atom is -0.354 e. The summed E-state index contributed by atoms with van der Waals surface area (Å²) in [6.45, 7) is 6.37. The van der Waals surface area contributed by atoms with Crippen LogP contribution in [0, 0.1) is 12.8 Å². The van der Waals surface area contributed by atoms with Gasteiger partial charge in [0, 0.05) is 18.5 Å². The van der Waals surface area contributed by atoms with Crippen molar-refractivity contribution in [2.24, 2.45) is 10.3 Å². The maximum Gasteiger partial charge on any atom is 0.283 e. The molecular weight excluding hydrogens is 344 g/mol. The van der Waals surface area contributed by atoms with E-state index in [0.29, 0.717) is 22.9 Å². The molecule has 0 bridgehead atoms. The number of amidine groups is 1. The van der Waals surface area contributed by atoms with Crippen molar-refractivity contribution in [2.75, 3.05) is 0 Å². The van der Waals surface area contributed by atoms with E-state index in [4.69, 9.17) is 0 Å². The smallest absolute Gasteiger partial charge is 0.283 e. The van der Waals surface area contributed by atoms with Gasteiger partial charge in [0.25, 0.3) is 10.0 Å². The third-order valence-electron chi connectivity index (χ3n) is 5.98. The highest BCUT2D eigenvalue weighted by Gasteiger charge is 2.31. The molecule has 4 nitrogen and oxygen atoms in total. The summed E-state index contributed by atoms with van der Waals surface area (Å²) in [4.78, 5) is 2.59. The fourth-order valence-electron chi connectivity index (χ4n) is 4.49. The van der Waals surface area contributed by atoms with Gasteiger partial charge in [0.15, 0.2) is 0 Å². The molecule has 2 aliphatic rings. The predicted octanol–water partition coefficient (Wildman–Crippen LogP) is 4.93. The van der Waals surface area contributed by atoms with Crippen molar-refractivity contribution in [1.82, 2.24) is 4.90 Å². The molecule has 0 amide bonds. The average Bonchev–Trinajstić information content (AvgIpc) is 3.07. The van der Waals surface area contributed by atoms with Gasteiger partial charge in [0.05, 0.1) is 4.90 Å². The van der Waals surface area contributed by atoms with Crippen LogP contribution in [-0.2, 0) is 10.0 Å². The molecule has 144 valence electrons. The first-order valence-corrected chi connectivity index (χ1v) is 11.5. The van der Waals surface area contributed by atoms with Crippen molar-refractivity contribution in [2.45, 2.75) is 89.1 Å². The quantitative estimate of drug-likeness (QED) is 0.553. The number of benzene rings is 1. The Morgan fingerprint density at radius 1 is 1.00 bits per heavy atom. The highest BCUT2D eigenvalue weighted by molar-refractivity contribution is 7.90. The van der Waals surface area contributed by atoms with E-state index in [1.165, 1.54) is 32.1 Å². The number of rotatable bonds is 4. The van der Waals surface area contributed by atoms with Gasteiger partial charge in [-0.05, 0) is 58.1 Å². The number of hydrogen-bond acceptors (Lipinski definition) is 2. The van der Waals surface area contributed by atoms with E-state index in [-0.39, 0.29) is 0 Å². The van der Waals surface area contributed by atoms with Crippen LogP contribution in [0.2, 0.25) is 0 Å². The summed E-state index contributed by atoms with van der Waals surface area (Å²) in [5, 5.41) is 0. The van der Waals surface area contributed by atoms with Gasteiger partial charge in [-0.25, -0.2) is 0 Å². The number of aryl methyl sites for hydroxylation is 1. The molecule has 0 unspecified atom stereocenters. The Hall–Kier alpha value is -1.36. The van der Waals surface area contributed by atoms with Crippen LogP contribution >= 0.6 is 0 Å². The minimum atomic E-state index is -3.67. The number of hydrogen-bond donors (Lipinski definition) is 0. The summed E-state index contributed by atoms with van der Waals surface area (Å²) in [7, 11) is -3.67. The van der Waals surface area contributed by atoms with E-state index in [9.17, 15) is 8.42 Å². The Labute approximate surface area is 158 Å². The average molecular weight is 377 g/mol. The zero-order valence-corrected chi connectivity index (χ0v) is 17.1. The van der Waals surface area contributed by atoms with Crippen LogP contribution in [0.1, 0.15) is 70.8 Å². The molecule has 1 aliphatic heterocycles. The predicted molar refractivity (Wildman–Crippen MR) is 107 cm³/mol. The van der Waals surface area contributed by atoms with Crippen molar-refractivity contribution < 1.29 is 8.42 Å². The molecule has 1 saturated carbocycles. The first kappa shape index (κ1) is 19.4. The Kier molecular flexibility index (Phi) is 6.06. The van der Waals surface area contributed by atoms with Gasteiger partial charge >= 0.3 is 0 Å². The van der Waals surface area contributed by atoms with Gasteiger partial charge in [-0.2, -0.15) is 8.42 Å².